The fraction of sp³-hybridized carbons (Fsp3) is 0.333. The first-order valence-corrected chi connectivity index (χ1v) is 2.96. The number of aliphatic hydroxyl groups is 1. The van der Waals surface area contributed by atoms with E-state index in [9.17, 15) is 0 Å². The van der Waals surface area contributed by atoms with Crippen molar-refractivity contribution in [1.82, 2.24) is 9.97 Å². The van der Waals surface area contributed by atoms with Crippen molar-refractivity contribution in [3.63, 3.8) is 0 Å². The Morgan fingerprint density at radius 1 is 1.50 bits per heavy atom. The third kappa shape index (κ3) is 1.66. The Morgan fingerprint density at radius 3 is 2.60 bits per heavy atom. The fourth-order valence-electron chi connectivity index (χ4n) is 0.555. The minimum atomic E-state index is -0.136. The summed E-state index contributed by atoms with van der Waals surface area (Å²) in [5, 5.41) is 11.0. The molecule has 1 rings (SSSR count). The normalized spacial score (nSPS) is 9.40. The molecule has 1 aromatic rings. The van der Waals surface area contributed by atoms with Gasteiger partial charge in [-0.1, -0.05) is 0 Å². The van der Waals surface area contributed by atoms with Crippen LogP contribution < -0.4 is 5.32 Å². The Hall–Kier alpha value is -1.16. The van der Waals surface area contributed by atoms with Crippen LogP contribution in [0.1, 0.15) is 5.56 Å². The molecule has 0 atom stereocenters. The molecule has 0 fully saturated rings. The number of anilines is 1. The summed E-state index contributed by atoms with van der Waals surface area (Å²) >= 11 is 0. The summed E-state index contributed by atoms with van der Waals surface area (Å²) in [6.45, 7) is 1.77. The van der Waals surface area contributed by atoms with Crippen molar-refractivity contribution >= 4 is 5.95 Å². The van der Waals surface area contributed by atoms with Crippen LogP contribution in [0.3, 0.4) is 0 Å². The van der Waals surface area contributed by atoms with Crippen molar-refractivity contribution < 1.29 is 5.11 Å². The minimum Gasteiger partial charge on any atom is -0.376 e. The van der Waals surface area contributed by atoms with E-state index in [1.807, 2.05) is 6.92 Å². The molecule has 0 unspecified atom stereocenters. The van der Waals surface area contributed by atoms with E-state index >= 15 is 0 Å². The molecule has 1 aromatic heterocycles. The SMILES string of the molecule is Cc1cnc(NCO)nc1. The quantitative estimate of drug-likeness (QED) is 0.572. The van der Waals surface area contributed by atoms with E-state index in [1.54, 1.807) is 12.4 Å². The number of aromatic nitrogens is 2. The smallest absolute Gasteiger partial charge is 0.224 e. The standard InChI is InChI=1S/C6H9N3O/c1-5-2-7-6(8-3-5)9-4-10/h2-3,10H,4H2,1H3,(H,7,8,9). The van der Waals surface area contributed by atoms with Crippen LogP contribution in [0.4, 0.5) is 5.95 Å². The van der Waals surface area contributed by atoms with Gasteiger partial charge in [-0.25, -0.2) is 9.97 Å². The summed E-state index contributed by atoms with van der Waals surface area (Å²) < 4.78 is 0. The van der Waals surface area contributed by atoms with E-state index < -0.39 is 0 Å². The van der Waals surface area contributed by atoms with E-state index in [0.717, 1.165) is 5.56 Å². The third-order valence-corrected chi connectivity index (χ3v) is 1.02. The molecule has 0 spiro atoms. The highest BCUT2D eigenvalue weighted by molar-refractivity contribution is 5.22. The second kappa shape index (κ2) is 3.12. The first-order chi connectivity index (χ1) is 4.83. The summed E-state index contributed by atoms with van der Waals surface area (Å²) in [4.78, 5) is 7.77. The maximum atomic E-state index is 8.40. The highest BCUT2D eigenvalue weighted by atomic mass is 16.3. The predicted octanol–water partition coefficient (Wildman–Crippen LogP) is 0.147. The molecule has 0 radical (unpaired) electrons. The predicted molar refractivity (Wildman–Crippen MR) is 37.5 cm³/mol. The zero-order valence-electron chi connectivity index (χ0n) is 5.70. The van der Waals surface area contributed by atoms with Crippen molar-refractivity contribution in [3.05, 3.63) is 18.0 Å². The fourth-order valence-corrected chi connectivity index (χ4v) is 0.555. The second-order valence-corrected chi connectivity index (χ2v) is 1.92. The molecule has 0 aliphatic heterocycles. The van der Waals surface area contributed by atoms with Crippen LogP contribution in [0, 0.1) is 6.92 Å². The van der Waals surface area contributed by atoms with Crippen LogP contribution in [0.25, 0.3) is 0 Å². The van der Waals surface area contributed by atoms with Gasteiger partial charge in [-0.2, -0.15) is 0 Å². The number of aryl methyl sites for hydroxylation is 1. The van der Waals surface area contributed by atoms with Crippen LogP contribution in [0.5, 0.6) is 0 Å². The van der Waals surface area contributed by atoms with Crippen molar-refractivity contribution in [1.29, 1.82) is 0 Å². The van der Waals surface area contributed by atoms with Crippen LogP contribution in [0.2, 0.25) is 0 Å². The van der Waals surface area contributed by atoms with Gasteiger partial charge in [0.1, 0.15) is 6.73 Å². The van der Waals surface area contributed by atoms with Crippen LogP contribution >= 0.6 is 0 Å². The zero-order chi connectivity index (χ0) is 7.40. The molecular formula is C6H9N3O. The molecule has 0 amide bonds. The van der Waals surface area contributed by atoms with Crippen LogP contribution in [-0.2, 0) is 0 Å². The van der Waals surface area contributed by atoms with Gasteiger partial charge in [0, 0.05) is 12.4 Å². The molecule has 0 aliphatic rings. The van der Waals surface area contributed by atoms with Gasteiger partial charge in [-0.05, 0) is 12.5 Å². The molecule has 0 saturated heterocycles. The van der Waals surface area contributed by atoms with E-state index in [2.05, 4.69) is 15.3 Å². The molecule has 10 heavy (non-hydrogen) atoms. The van der Waals surface area contributed by atoms with Gasteiger partial charge in [-0.15, -0.1) is 0 Å². The third-order valence-electron chi connectivity index (χ3n) is 1.02. The number of hydrogen-bond donors (Lipinski definition) is 2. The van der Waals surface area contributed by atoms with E-state index in [0.29, 0.717) is 5.95 Å². The molecule has 0 saturated carbocycles. The summed E-state index contributed by atoms with van der Waals surface area (Å²) in [6, 6.07) is 0. The van der Waals surface area contributed by atoms with Crippen molar-refractivity contribution in [2.75, 3.05) is 12.0 Å². The molecular weight excluding hydrogens is 130 g/mol. The topological polar surface area (TPSA) is 58.0 Å². The summed E-state index contributed by atoms with van der Waals surface area (Å²) in [6.07, 6.45) is 3.37. The number of aliphatic hydroxyl groups excluding tert-OH is 1. The van der Waals surface area contributed by atoms with Gasteiger partial charge >= 0.3 is 0 Å². The molecule has 2 N–H and O–H groups in total. The highest BCUT2D eigenvalue weighted by Gasteiger charge is 1.89. The maximum Gasteiger partial charge on any atom is 0.224 e. The average molecular weight is 139 g/mol. The van der Waals surface area contributed by atoms with Crippen molar-refractivity contribution in [3.8, 4) is 0 Å². The first-order valence-electron chi connectivity index (χ1n) is 2.96. The summed E-state index contributed by atoms with van der Waals surface area (Å²) in [7, 11) is 0. The second-order valence-electron chi connectivity index (χ2n) is 1.92. The summed E-state index contributed by atoms with van der Waals surface area (Å²) in [5.41, 5.74) is 1.00. The maximum absolute atomic E-state index is 8.40. The molecule has 0 aromatic carbocycles. The number of nitrogens with one attached hydrogen (secondary N) is 1. The molecule has 1 heterocycles. The van der Waals surface area contributed by atoms with Crippen LogP contribution in [0.15, 0.2) is 12.4 Å². The number of rotatable bonds is 2. The van der Waals surface area contributed by atoms with Crippen LogP contribution in [-0.4, -0.2) is 21.8 Å². The van der Waals surface area contributed by atoms with E-state index in [1.165, 1.54) is 0 Å². The molecule has 0 bridgehead atoms. The van der Waals surface area contributed by atoms with Gasteiger partial charge in [0.25, 0.3) is 0 Å². The monoisotopic (exact) mass is 139 g/mol. The van der Waals surface area contributed by atoms with Gasteiger partial charge in [-0.3, -0.25) is 0 Å². The number of hydrogen-bond acceptors (Lipinski definition) is 4. The average Bonchev–Trinajstić information content (AvgIpc) is 1.95. The molecule has 54 valence electrons. The van der Waals surface area contributed by atoms with Crippen molar-refractivity contribution in [2.45, 2.75) is 6.92 Å². The lowest BCUT2D eigenvalue weighted by Gasteiger charge is -1.98. The molecule has 4 nitrogen and oxygen atoms in total. The summed E-state index contributed by atoms with van der Waals surface area (Å²) in [5.74, 6) is 0.452. The van der Waals surface area contributed by atoms with Gasteiger partial charge in [0.15, 0.2) is 0 Å². The molecule has 0 aliphatic carbocycles. The Morgan fingerprint density at radius 2 is 2.10 bits per heavy atom. The van der Waals surface area contributed by atoms with Gasteiger partial charge in [0.05, 0.1) is 0 Å². The van der Waals surface area contributed by atoms with E-state index in [4.69, 9.17) is 5.11 Å². The molecule has 4 heteroatoms. The lowest BCUT2D eigenvalue weighted by atomic mass is 10.4. The zero-order valence-corrected chi connectivity index (χ0v) is 5.70. The van der Waals surface area contributed by atoms with Gasteiger partial charge in [0.2, 0.25) is 5.95 Å². The Balaban J connectivity index is 2.69. The first kappa shape index (κ1) is 6.95. The Bertz CT molecular complexity index is 197. The minimum absolute atomic E-state index is 0.136. The Labute approximate surface area is 58.9 Å². The van der Waals surface area contributed by atoms with Gasteiger partial charge < -0.3 is 10.4 Å². The van der Waals surface area contributed by atoms with E-state index in [-0.39, 0.29) is 6.73 Å². The highest BCUT2D eigenvalue weighted by Crippen LogP contribution is 1.96. The Kier molecular flexibility index (Phi) is 2.17. The van der Waals surface area contributed by atoms with Crippen molar-refractivity contribution in [2.24, 2.45) is 0 Å². The lowest BCUT2D eigenvalue weighted by molar-refractivity contribution is 0.324. The largest absolute Gasteiger partial charge is 0.376 e. The number of nitrogens with zero attached hydrogens (tertiary/aromatic N) is 2. The lowest BCUT2D eigenvalue weighted by Crippen LogP contribution is -2.03.